The number of aromatic nitrogens is 2. The van der Waals surface area contributed by atoms with Crippen molar-refractivity contribution < 1.29 is 4.92 Å². The minimum Gasteiger partial charge on any atom is -0.358 e. The van der Waals surface area contributed by atoms with E-state index in [9.17, 15) is 10.1 Å². The van der Waals surface area contributed by atoms with Crippen LogP contribution in [0.5, 0.6) is 0 Å². The molecule has 0 saturated heterocycles. The lowest BCUT2D eigenvalue weighted by Gasteiger charge is -1.93. The molecule has 3 N–H and O–H groups in total. The van der Waals surface area contributed by atoms with Crippen LogP contribution in [-0.2, 0) is 6.42 Å². The first-order valence-electron chi connectivity index (χ1n) is 3.12. The molecule has 11 heavy (non-hydrogen) atoms. The Morgan fingerprint density at radius 1 is 1.82 bits per heavy atom. The molecule has 0 aromatic carbocycles. The van der Waals surface area contributed by atoms with Gasteiger partial charge in [0.25, 0.3) is 0 Å². The van der Waals surface area contributed by atoms with E-state index in [1.807, 2.05) is 0 Å². The van der Waals surface area contributed by atoms with Crippen LogP contribution in [-0.4, -0.2) is 21.7 Å². The first-order valence-corrected chi connectivity index (χ1v) is 3.12. The maximum absolute atomic E-state index is 10.3. The number of aromatic amines is 1. The molecular weight excluding hydrogens is 148 g/mol. The van der Waals surface area contributed by atoms with Gasteiger partial charge in [0.15, 0.2) is 0 Å². The van der Waals surface area contributed by atoms with Gasteiger partial charge >= 0.3 is 5.82 Å². The summed E-state index contributed by atoms with van der Waals surface area (Å²) < 4.78 is 0. The van der Waals surface area contributed by atoms with Gasteiger partial charge in [0.05, 0.1) is 11.8 Å². The van der Waals surface area contributed by atoms with Gasteiger partial charge in [-0.25, -0.2) is 0 Å². The minimum atomic E-state index is -0.502. The van der Waals surface area contributed by atoms with E-state index in [-0.39, 0.29) is 5.82 Å². The molecule has 6 heteroatoms. The summed E-state index contributed by atoms with van der Waals surface area (Å²) in [5.41, 5.74) is 5.78. The second-order valence-electron chi connectivity index (χ2n) is 2.04. The van der Waals surface area contributed by atoms with Gasteiger partial charge < -0.3 is 15.8 Å². The minimum absolute atomic E-state index is 0.0598. The second kappa shape index (κ2) is 3.11. The monoisotopic (exact) mass is 156 g/mol. The highest BCUT2D eigenvalue weighted by molar-refractivity contribution is 5.29. The molecule has 0 aliphatic rings. The van der Waals surface area contributed by atoms with Crippen molar-refractivity contribution in [2.24, 2.45) is 5.73 Å². The number of nitrogens with one attached hydrogen (secondary N) is 1. The molecule has 0 aliphatic heterocycles. The fraction of sp³-hybridized carbons (Fsp3) is 0.400. The Balaban J connectivity index is 2.87. The third-order valence-corrected chi connectivity index (χ3v) is 1.29. The Morgan fingerprint density at radius 2 is 2.55 bits per heavy atom. The van der Waals surface area contributed by atoms with Crippen LogP contribution in [0, 0.1) is 10.1 Å². The Morgan fingerprint density at radius 3 is 3.09 bits per heavy atom. The van der Waals surface area contributed by atoms with Gasteiger partial charge in [0.2, 0.25) is 0 Å². The number of hydrogen-bond donors (Lipinski definition) is 2. The molecule has 0 aliphatic carbocycles. The smallest absolute Gasteiger partial charge is 0.345 e. The Labute approximate surface area is 62.6 Å². The van der Waals surface area contributed by atoms with Crippen molar-refractivity contribution in [2.75, 3.05) is 6.54 Å². The molecule has 0 amide bonds. The van der Waals surface area contributed by atoms with E-state index in [1.165, 1.54) is 6.20 Å². The van der Waals surface area contributed by atoms with E-state index < -0.39 is 4.92 Å². The molecule has 0 bridgehead atoms. The molecule has 1 aromatic heterocycles. The van der Waals surface area contributed by atoms with E-state index in [0.29, 0.717) is 18.5 Å². The fourth-order valence-corrected chi connectivity index (χ4v) is 0.801. The number of nitro groups is 1. The van der Waals surface area contributed by atoms with Gasteiger partial charge in [-0.2, -0.15) is 0 Å². The van der Waals surface area contributed by atoms with Crippen LogP contribution >= 0.6 is 0 Å². The normalized spacial score (nSPS) is 9.91. The average Bonchev–Trinajstić information content (AvgIpc) is 2.36. The van der Waals surface area contributed by atoms with Crippen LogP contribution in [0.25, 0.3) is 0 Å². The first-order chi connectivity index (χ1) is 5.25. The van der Waals surface area contributed by atoms with Crippen molar-refractivity contribution in [3.63, 3.8) is 0 Å². The van der Waals surface area contributed by atoms with Crippen LogP contribution in [0.2, 0.25) is 0 Å². The van der Waals surface area contributed by atoms with Crippen molar-refractivity contribution in [2.45, 2.75) is 6.42 Å². The summed E-state index contributed by atoms with van der Waals surface area (Å²) in [5, 5.41) is 16.1. The van der Waals surface area contributed by atoms with Gasteiger partial charge in [-0.1, -0.05) is 5.10 Å². The quantitative estimate of drug-likeness (QED) is 0.468. The maximum Gasteiger partial charge on any atom is 0.345 e. The van der Waals surface area contributed by atoms with Crippen molar-refractivity contribution in [3.05, 3.63) is 21.9 Å². The molecule has 0 saturated carbocycles. The lowest BCUT2D eigenvalue weighted by molar-refractivity contribution is -0.390. The Hall–Kier alpha value is -1.43. The lowest BCUT2D eigenvalue weighted by atomic mass is 10.2. The maximum atomic E-state index is 10.3. The fourth-order valence-electron chi connectivity index (χ4n) is 0.801. The number of nitrogens with two attached hydrogens (primary N) is 1. The summed E-state index contributed by atoms with van der Waals surface area (Å²) in [7, 11) is 0. The van der Waals surface area contributed by atoms with Crippen molar-refractivity contribution in [3.8, 4) is 0 Å². The molecule has 1 heterocycles. The number of H-pyrrole nitrogens is 1. The molecule has 1 rings (SSSR count). The second-order valence-corrected chi connectivity index (χ2v) is 2.04. The molecule has 6 nitrogen and oxygen atoms in total. The summed E-state index contributed by atoms with van der Waals surface area (Å²) in [5.74, 6) is -0.0598. The molecular formula is C5H8N4O2. The number of hydrogen-bond acceptors (Lipinski definition) is 4. The van der Waals surface area contributed by atoms with E-state index in [4.69, 9.17) is 5.73 Å². The van der Waals surface area contributed by atoms with Gasteiger partial charge in [0.1, 0.15) is 0 Å². The van der Waals surface area contributed by atoms with Gasteiger partial charge in [0, 0.05) is 0 Å². The predicted octanol–water partition coefficient (Wildman–Crippen LogP) is -0.181. The molecule has 0 unspecified atom stereocenters. The average molecular weight is 156 g/mol. The van der Waals surface area contributed by atoms with Gasteiger partial charge in [-0.15, -0.1) is 5.10 Å². The largest absolute Gasteiger partial charge is 0.358 e. The highest BCUT2D eigenvalue weighted by Crippen LogP contribution is 2.12. The van der Waals surface area contributed by atoms with E-state index in [2.05, 4.69) is 10.2 Å². The summed E-state index contributed by atoms with van der Waals surface area (Å²) in [6.45, 7) is 0.389. The van der Waals surface area contributed by atoms with Crippen LogP contribution in [0.3, 0.4) is 0 Å². The van der Waals surface area contributed by atoms with Crippen LogP contribution in [0.1, 0.15) is 5.56 Å². The predicted molar refractivity (Wildman–Crippen MR) is 38.0 cm³/mol. The molecule has 0 radical (unpaired) electrons. The first kappa shape index (κ1) is 7.67. The third-order valence-electron chi connectivity index (χ3n) is 1.29. The summed E-state index contributed by atoms with van der Waals surface area (Å²) >= 11 is 0. The van der Waals surface area contributed by atoms with Gasteiger partial charge in [-0.05, 0) is 17.9 Å². The zero-order valence-electron chi connectivity index (χ0n) is 5.78. The van der Waals surface area contributed by atoms with E-state index in [0.717, 1.165) is 0 Å². The summed E-state index contributed by atoms with van der Waals surface area (Å²) in [6, 6.07) is 0. The Bertz CT molecular complexity index is 257. The van der Waals surface area contributed by atoms with Gasteiger partial charge in [-0.3, -0.25) is 0 Å². The molecule has 0 fully saturated rings. The van der Waals surface area contributed by atoms with E-state index in [1.54, 1.807) is 0 Å². The highest BCUT2D eigenvalue weighted by Gasteiger charge is 2.12. The molecule has 60 valence electrons. The molecule has 0 atom stereocenters. The molecule has 1 aromatic rings. The van der Waals surface area contributed by atoms with E-state index >= 15 is 0 Å². The third kappa shape index (κ3) is 1.53. The van der Waals surface area contributed by atoms with Crippen molar-refractivity contribution in [1.82, 2.24) is 10.2 Å². The topological polar surface area (TPSA) is 97.8 Å². The van der Waals surface area contributed by atoms with Crippen molar-refractivity contribution in [1.29, 1.82) is 0 Å². The van der Waals surface area contributed by atoms with Crippen LogP contribution < -0.4 is 5.73 Å². The highest BCUT2D eigenvalue weighted by atomic mass is 16.6. The standard InChI is InChI=1S/C5H8N4O2/c6-2-1-4-3-7-8-5(4)9(10)11/h3H,1-2,6H2,(H,7,8). The molecule has 0 spiro atoms. The zero-order valence-corrected chi connectivity index (χ0v) is 5.78. The lowest BCUT2D eigenvalue weighted by Crippen LogP contribution is -2.03. The summed E-state index contributed by atoms with van der Waals surface area (Å²) in [6.07, 6.45) is 1.90. The summed E-state index contributed by atoms with van der Waals surface area (Å²) in [4.78, 5) is 9.75. The number of rotatable bonds is 3. The number of nitrogens with zero attached hydrogens (tertiary/aromatic N) is 2. The van der Waals surface area contributed by atoms with Crippen molar-refractivity contribution >= 4 is 5.82 Å². The SMILES string of the molecule is NCCc1cn[nH]c1[N+](=O)[O-]. The van der Waals surface area contributed by atoms with Crippen LogP contribution in [0.15, 0.2) is 6.20 Å². The zero-order chi connectivity index (χ0) is 8.27. The Kier molecular flexibility index (Phi) is 2.17. The van der Waals surface area contributed by atoms with Crippen LogP contribution in [0.4, 0.5) is 5.82 Å².